The SMILES string of the molecule is O=C(CC12CC3CC(CC(C3)C1)C2)N1CCN(C(=O)c2cccnc2)CC1. The molecule has 4 bridgehead atoms. The van der Waals surface area contributed by atoms with Gasteiger partial charge >= 0.3 is 0 Å². The van der Waals surface area contributed by atoms with Crippen molar-refractivity contribution in [1.29, 1.82) is 0 Å². The molecule has 5 aliphatic rings. The summed E-state index contributed by atoms with van der Waals surface area (Å²) >= 11 is 0. The Morgan fingerprint density at radius 1 is 0.963 bits per heavy atom. The van der Waals surface area contributed by atoms with Crippen LogP contribution in [0.5, 0.6) is 0 Å². The molecule has 0 N–H and O–H groups in total. The van der Waals surface area contributed by atoms with Crippen LogP contribution in [0.4, 0.5) is 0 Å². The van der Waals surface area contributed by atoms with Crippen LogP contribution in [0.3, 0.4) is 0 Å². The van der Waals surface area contributed by atoms with E-state index in [2.05, 4.69) is 4.98 Å². The maximum atomic E-state index is 13.0. The van der Waals surface area contributed by atoms with Gasteiger partial charge in [0.15, 0.2) is 0 Å². The minimum atomic E-state index is 0.0243. The van der Waals surface area contributed by atoms with Gasteiger partial charge in [-0.2, -0.15) is 0 Å². The van der Waals surface area contributed by atoms with Crippen LogP contribution in [0.25, 0.3) is 0 Å². The second-order valence-electron chi connectivity index (χ2n) is 9.51. The predicted octanol–water partition coefficient (Wildman–Crippen LogP) is 2.97. The van der Waals surface area contributed by atoms with Crippen LogP contribution in [-0.4, -0.2) is 52.8 Å². The topological polar surface area (TPSA) is 53.5 Å². The van der Waals surface area contributed by atoms with Crippen molar-refractivity contribution in [3.05, 3.63) is 30.1 Å². The van der Waals surface area contributed by atoms with Gasteiger partial charge in [0.2, 0.25) is 5.91 Å². The molecule has 5 nitrogen and oxygen atoms in total. The number of hydrogen-bond acceptors (Lipinski definition) is 3. The van der Waals surface area contributed by atoms with Crippen LogP contribution >= 0.6 is 0 Å². The average molecular weight is 367 g/mol. The van der Waals surface area contributed by atoms with E-state index in [-0.39, 0.29) is 5.91 Å². The molecule has 1 saturated heterocycles. The molecule has 6 rings (SSSR count). The number of carbonyl (C=O) groups excluding carboxylic acids is 2. The zero-order valence-electron chi connectivity index (χ0n) is 16.0. The second-order valence-corrected chi connectivity index (χ2v) is 9.51. The van der Waals surface area contributed by atoms with Crippen LogP contribution in [0.1, 0.15) is 55.3 Å². The molecule has 0 unspecified atom stereocenters. The van der Waals surface area contributed by atoms with E-state index >= 15 is 0 Å². The van der Waals surface area contributed by atoms with E-state index in [1.807, 2.05) is 9.80 Å². The average Bonchev–Trinajstić information content (AvgIpc) is 2.67. The van der Waals surface area contributed by atoms with E-state index < -0.39 is 0 Å². The van der Waals surface area contributed by atoms with Crippen LogP contribution in [0.2, 0.25) is 0 Å². The van der Waals surface area contributed by atoms with Crippen molar-refractivity contribution in [3.8, 4) is 0 Å². The number of piperazine rings is 1. The van der Waals surface area contributed by atoms with Crippen molar-refractivity contribution in [3.63, 3.8) is 0 Å². The third-order valence-electron chi connectivity index (χ3n) is 7.52. The van der Waals surface area contributed by atoms with Crippen LogP contribution in [0, 0.1) is 23.2 Å². The smallest absolute Gasteiger partial charge is 0.255 e. The molecule has 0 radical (unpaired) electrons. The summed E-state index contributed by atoms with van der Waals surface area (Å²) in [6, 6.07) is 3.60. The maximum absolute atomic E-state index is 13.0. The zero-order chi connectivity index (χ0) is 18.4. The van der Waals surface area contributed by atoms with Gasteiger partial charge in [-0.25, -0.2) is 0 Å². The Morgan fingerprint density at radius 3 is 2.11 bits per heavy atom. The highest BCUT2D eigenvalue weighted by Crippen LogP contribution is 2.61. The number of nitrogens with zero attached hydrogens (tertiary/aromatic N) is 3. The molecule has 1 aromatic heterocycles. The van der Waals surface area contributed by atoms with Gasteiger partial charge in [-0.3, -0.25) is 14.6 Å². The number of rotatable bonds is 3. The molecule has 5 fully saturated rings. The Labute approximate surface area is 161 Å². The lowest BCUT2D eigenvalue weighted by molar-refractivity contribution is -0.141. The van der Waals surface area contributed by atoms with Crippen LogP contribution in [-0.2, 0) is 4.79 Å². The Kier molecular flexibility index (Phi) is 4.21. The molecule has 0 atom stereocenters. The minimum absolute atomic E-state index is 0.0243. The summed E-state index contributed by atoms with van der Waals surface area (Å²) in [6.45, 7) is 2.58. The summed E-state index contributed by atoms with van der Waals surface area (Å²) in [5.41, 5.74) is 0.931. The van der Waals surface area contributed by atoms with E-state index in [0.717, 1.165) is 24.2 Å². The first-order valence-electron chi connectivity index (χ1n) is 10.6. The standard InChI is InChI=1S/C22H29N3O2/c26-20(14-22-11-16-8-17(12-22)10-18(9-16)13-22)24-4-6-25(7-5-24)21(27)19-2-1-3-23-15-19/h1-3,15-18H,4-14H2. The highest BCUT2D eigenvalue weighted by Gasteiger charge is 2.51. The normalized spacial score (nSPS) is 34.7. The quantitative estimate of drug-likeness (QED) is 0.825. The summed E-state index contributed by atoms with van der Waals surface area (Å²) < 4.78 is 0. The van der Waals surface area contributed by atoms with Gasteiger partial charge in [0, 0.05) is 45.0 Å². The van der Waals surface area contributed by atoms with E-state index in [4.69, 9.17) is 0 Å². The maximum Gasteiger partial charge on any atom is 0.255 e. The van der Waals surface area contributed by atoms with Gasteiger partial charge in [0.1, 0.15) is 0 Å². The van der Waals surface area contributed by atoms with Gasteiger partial charge in [-0.05, 0) is 73.8 Å². The third kappa shape index (κ3) is 3.26. The number of carbonyl (C=O) groups is 2. The number of hydrogen-bond donors (Lipinski definition) is 0. The first-order valence-corrected chi connectivity index (χ1v) is 10.6. The molecular formula is C22H29N3O2. The number of aromatic nitrogens is 1. The van der Waals surface area contributed by atoms with Gasteiger partial charge in [0.25, 0.3) is 5.91 Å². The molecule has 0 spiro atoms. The van der Waals surface area contributed by atoms with E-state index in [9.17, 15) is 9.59 Å². The fourth-order valence-corrected chi connectivity index (χ4v) is 6.77. The summed E-state index contributed by atoms with van der Waals surface area (Å²) in [4.78, 5) is 33.5. The Balaban J connectivity index is 1.18. The molecule has 27 heavy (non-hydrogen) atoms. The Morgan fingerprint density at radius 2 is 1.56 bits per heavy atom. The fourth-order valence-electron chi connectivity index (χ4n) is 6.77. The van der Waals surface area contributed by atoms with Crippen molar-refractivity contribution in [2.45, 2.75) is 44.9 Å². The molecule has 2 amide bonds. The van der Waals surface area contributed by atoms with Gasteiger partial charge in [0.05, 0.1) is 5.56 Å². The van der Waals surface area contributed by atoms with Crippen molar-refractivity contribution < 1.29 is 9.59 Å². The lowest BCUT2D eigenvalue weighted by Crippen LogP contribution is -2.53. The molecule has 4 aliphatic carbocycles. The van der Waals surface area contributed by atoms with Crippen molar-refractivity contribution in [2.75, 3.05) is 26.2 Å². The van der Waals surface area contributed by atoms with Gasteiger partial charge in [-0.1, -0.05) is 0 Å². The molecule has 144 valence electrons. The van der Waals surface area contributed by atoms with E-state index in [1.165, 1.54) is 38.5 Å². The summed E-state index contributed by atoms with van der Waals surface area (Å²) in [6.07, 6.45) is 12.1. The fraction of sp³-hybridized carbons (Fsp3) is 0.682. The Hall–Kier alpha value is -1.91. The van der Waals surface area contributed by atoms with Gasteiger partial charge in [-0.15, -0.1) is 0 Å². The molecule has 1 aliphatic heterocycles. The van der Waals surface area contributed by atoms with E-state index in [1.54, 1.807) is 24.5 Å². The minimum Gasteiger partial charge on any atom is -0.339 e. The monoisotopic (exact) mass is 367 g/mol. The number of pyridine rings is 1. The molecule has 0 aromatic carbocycles. The van der Waals surface area contributed by atoms with E-state index in [0.29, 0.717) is 43.1 Å². The molecule has 1 aromatic rings. The largest absolute Gasteiger partial charge is 0.339 e. The lowest BCUT2D eigenvalue weighted by atomic mass is 9.49. The first-order chi connectivity index (χ1) is 13.1. The molecule has 2 heterocycles. The third-order valence-corrected chi connectivity index (χ3v) is 7.52. The highest BCUT2D eigenvalue weighted by molar-refractivity contribution is 5.94. The lowest BCUT2D eigenvalue weighted by Gasteiger charge is -2.57. The highest BCUT2D eigenvalue weighted by atomic mass is 16.2. The van der Waals surface area contributed by atoms with Crippen molar-refractivity contribution >= 4 is 11.8 Å². The zero-order valence-corrected chi connectivity index (χ0v) is 16.0. The van der Waals surface area contributed by atoms with Crippen LogP contribution in [0.15, 0.2) is 24.5 Å². The Bertz CT molecular complexity index is 689. The van der Waals surface area contributed by atoms with Crippen molar-refractivity contribution in [2.24, 2.45) is 23.2 Å². The first kappa shape index (κ1) is 17.2. The summed E-state index contributed by atoms with van der Waals surface area (Å²) in [7, 11) is 0. The van der Waals surface area contributed by atoms with Gasteiger partial charge < -0.3 is 9.80 Å². The van der Waals surface area contributed by atoms with Crippen molar-refractivity contribution in [1.82, 2.24) is 14.8 Å². The number of amides is 2. The summed E-state index contributed by atoms with van der Waals surface area (Å²) in [5.74, 6) is 3.01. The summed E-state index contributed by atoms with van der Waals surface area (Å²) in [5, 5.41) is 0. The second kappa shape index (κ2) is 6.61. The molecule has 5 heteroatoms. The molecule has 4 saturated carbocycles. The van der Waals surface area contributed by atoms with Crippen LogP contribution < -0.4 is 0 Å². The molecular weight excluding hydrogens is 338 g/mol. The predicted molar refractivity (Wildman–Crippen MR) is 102 cm³/mol.